The first-order chi connectivity index (χ1) is 12.8. The van der Waals surface area contributed by atoms with E-state index in [0.29, 0.717) is 40.9 Å². The summed E-state index contributed by atoms with van der Waals surface area (Å²) in [4.78, 5) is 0. The third-order valence-electron chi connectivity index (χ3n) is 10.3. The SMILES string of the molecule is C[C@H](CCCO)[C@H]1CC[C@H]2[C@@H]3[C@H](O)CC4CCCC[C@]4(C)[C@H]3C[C@H](O)[C@]12C. The van der Waals surface area contributed by atoms with Gasteiger partial charge < -0.3 is 15.3 Å². The molecule has 0 heterocycles. The molecule has 3 nitrogen and oxygen atoms in total. The van der Waals surface area contributed by atoms with Crippen molar-refractivity contribution in [3.8, 4) is 0 Å². The standard InChI is InChI=1S/C24H42O3/c1-15(7-6-12-25)17-9-10-18-22-19(14-21(27)24(17,18)3)23(2)11-5-4-8-16(23)13-20(22)26/h15-22,25-27H,4-14H2,1-3H3/t15-,16?,17-,18+,19+,20-,21+,22+,23+,24-/m1/s1. The molecule has 4 aliphatic rings. The quantitative estimate of drug-likeness (QED) is 0.680. The van der Waals surface area contributed by atoms with Crippen molar-refractivity contribution in [3.63, 3.8) is 0 Å². The zero-order valence-corrected chi connectivity index (χ0v) is 17.7. The van der Waals surface area contributed by atoms with Crippen LogP contribution in [-0.2, 0) is 0 Å². The molecule has 4 fully saturated rings. The largest absolute Gasteiger partial charge is 0.396 e. The molecule has 0 bridgehead atoms. The van der Waals surface area contributed by atoms with Crippen molar-refractivity contribution < 1.29 is 15.3 Å². The summed E-state index contributed by atoms with van der Waals surface area (Å²) in [6.07, 6.45) is 10.9. The summed E-state index contributed by atoms with van der Waals surface area (Å²) >= 11 is 0. The van der Waals surface area contributed by atoms with Crippen LogP contribution in [0.1, 0.15) is 85.0 Å². The fraction of sp³-hybridized carbons (Fsp3) is 1.00. The molecule has 0 aromatic rings. The third-order valence-corrected chi connectivity index (χ3v) is 10.3. The molecule has 156 valence electrons. The smallest absolute Gasteiger partial charge is 0.0602 e. The summed E-state index contributed by atoms with van der Waals surface area (Å²) in [7, 11) is 0. The number of fused-ring (bicyclic) bond motifs is 5. The zero-order chi connectivity index (χ0) is 19.4. The van der Waals surface area contributed by atoms with Crippen LogP contribution < -0.4 is 0 Å². The van der Waals surface area contributed by atoms with Gasteiger partial charge in [0.1, 0.15) is 0 Å². The van der Waals surface area contributed by atoms with Crippen LogP contribution in [0.3, 0.4) is 0 Å². The van der Waals surface area contributed by atoms with Crippen LogP contribution in [0.2, 0.25) is 0 Å². The molecule has 0 aromatic carbocycles. The first kappa shape index (κ1) is 20.2. The molecule has 4 aliphatic carbocycles. The summed E-state index contributed by atoms with van der Waals surface area (Å²) in [5.74, 6) is 3.05. The lowest BCUT2D eigenvalue weighted by Gasteiger charge is -2.63. The number of hydrogen-bond acceptors (Lipinski definition) is 3. The molecule has 0 spiro atoms. The highest BCUT2D eigenvalue weighted by Gasteiger charge is 2.65. The second-order valence-corrected chi connectivity index (χ2v) is 11.2. The summed E-state index contributed by atoms with van der Waals surface area (Å²) in [6, 6.07) is 0. The van der Waals surface area contributed by atoms with Gasteiger partial charge >= 0.3 is 0 Å². The average Bonchev–Trinajstić information content (AvgIpc) is 3.00. The van der Waals surface area contributed by atoms with Crippen LogP contribution in [0.4, 0.5) is 0 Å². The van der Waals surface area contributed by atoms with Gasteiger partial charge in [-0.2, -0.15) is 0 Å². The van der Waals surface area contributed by atoms with Crippen molar-refractivity contribution in [1.82, 2.24) is 0 Å². The molecule has 4 saturated carbocycles. The van der Waals surface area contributed by atoms with Crippen molar-refractivity contribution in [2.45, 2.75) is 97.2 Å². The minimum atomic E-state index is -0.238. The first-order valence-corrected chi connectivity index (χ1v) is 11.8. The topological polar surface area (TPSA) is 60.7 Å². The van der Waals surface area contributed by atoms with Crippen LogP contribution in [0.25, 0.3) is 0 Å². The Kier molecular flexibility index (Phi) is 5.44. The van der Waals surface area contributed by atoms with E-state index in [0.717, 1.165) is 25.7 Å². The molecule has 1 unspecified atom stereocenters. The van der Waals surface area contributed by atoms with Crippen LogP contribution in [0, 0.1) is 46.3 Å². The first-order valence-electron chi connectivity index (χ1n) is 11.8. The number of hydrogen-bond donors (Lipinski definition) is 3. The van der Waals surface area contributed by atoms with Gasteiger partial charge in [-0.3, -0.25) is 0 Å². The molecular weight excluding hydrogens is 336 g/mol. The molecule has 0 amide bonds. The van der Waals surface area contributed by atoms with E-state index in [1.54, 1.807) is 0 Å². The normalized spacial score (nSPS) is 53.3. The monoisotopic (exact) mass is 378 g/mol. The molecule has 3 heteroatoms. The van der Waals surface area contributed by atoms with Crippen molar-refractivity contribution in [2.75, 3.05) is 6.61 Å². The third kappa shape index (κ3) is 2.94. The molecule has 0 saturated heterocycles. The van der Waals surface area contributed by atoms with Crippen molar-refractivity contribution in [2.24, 2.45) is 46.3 Å². The van der Waals surface area contributed by atoms with Gasteiger partial charge in [-0.25, -0.2) is 0 Å². The van der Waals surface area contributed by atoms with Crippen molar-refractivity contribution >= 4 is 0 Å². The van der Waals surface area contributed by atoms with Crippen LogP contribution in [0.15, 0.2) is 0 Å². The van der Waals surface area contributed by atoms with Crippen LogP contribution >= 0.6 is 0 Å². The minimum Gasteiger partial charge on any atom is -0.396 e. The molecule has 10 atom stereocenters. The number of aliphatic hydroxyl groups excluding tert-OH is 3. The maximum atomic E-state index is 11.5. The Hall–Kier alpha value is -0.120. The van der Waals surface area contributed by atoms with E-state index in [9.17, 15) is 15.3 Å². The van der Waals surface area contributed by atoms with E-state index in [2.05, 4.69) is 20.8 Å². The lowest BCUT2D eigenvalue weighted by atomic mass is 9.43. The second kappa shape index (κ2) is 7.29. The van der Waals surface area contributed by atoms with E-state index in [4.69, 9.17) is 0 Å². The summed E-state index contributed by atoms with van der Waals surface area (Å²) < 4.78 is 0. The second-order valence-electron chi connectivity index (χ2n) is 11.2. The van der Waals surface area contributed by atoms with E-state index < -0.39 is 0 Å². The highest BCUT2D eigenvalue weighted by atomic mass is 16.3. The molecule has 0 radical (unpaired) electrons. The Balaban J connectivity index is 1.63. The van der Waals surface area contributed by atoms with Crippen LogP contribution in [0.5, 0.6) is 0 Å². The van der Waals surface area contributed by atoms with Gasteiger partial charge in [-0.1, -0.05) is 33.6 Å². The highest BCUT2D eigenvalue weighted by Crippen LogP contribution is 2.68. The lowest BCUT2D eigenvalue weighted by Crippen LogP contribution is -2.61. The highest BCUT2D eigenvalue weighted by molar-refractivity contribution is 5.14. The summed E-state index contributed by atoms with van der Waals surface area (Å²) in [5, 5.41) is 32.0. The van der Waals surface area contributed by atoms with Gasteiger partial charge in [0, 0.05) is 6.61 Å². The fourth-order valence-corrected chi connectivity index (χ4v) is 8.80. The zero-order valence-electron chi connectivity index (χ0n) is 17.7. The Morgan fingerprint density at radius 2 is 1.78 bits per heavy atom. The molecule has 0 aromatic heterocycles. The van der Waals surface area contributed by atoms with Crippen molar-refractivity contribution in [1.29, 1.82) is 0 Å². The fourth-order valence-electron chi connectivity index (χ4n) is 8.80. The van der Waals surface area contributed by atoms with Gasteiger partial charge in [0.05, 0.1) is 12.2 Å². The number of rotatable bonds is 4. The predicted molar refractivity (Wildman–Crippen MR) is 108 cm³/mol. The van der Waals surface area contributed by atoms with Gasteiger partial charge in [0.15, 0.2) is 0 Å². The summed E-state index contributed by atoms with van der Waals surface area (Å²) in [6.45, 7) is 7.42. The van der Waals surface area contributed by atoms with Gasteiger partial charge in [0.2, 0.25) is 0 Å². The van der Waals surface area contributed by atoms with E-state index in [1.807, 2.05) is 0 Å². The molecule has 0 aliphatic heterocycles. The molecule has 27 heavy (non-hydrogen) atoms. The maximum absolute atomic E-state index is 11.5. The van der Waals surface area contributed by atoms with Crippen molar-refractivity contribution in [3.05, 3.63) is 0 Å². The molecule has 4 rings (SSSR count). The predicted octanol–water partition coefficient (Wildman–Crippen LogP) is 4.39. The van der Waals surface area contributed by atoms with Crippen LogP contribution in [-0.4, -0.2) is 34.1 Å². The van der Waals surface area contributed by atoms with Gasteiger partial charge in [-0.05, 0) is 97.7 Å². The molecular formula is C24H42O3. The minimum absolute atomic E-state index is 0.0606. The maximum Gasteiger partial charge on any atom is 0.0602 e. The Morgan fingerprint density at radius 1 is 1.00 bits per heavy atom. The molecule has 3 N–H and O–H groups in total. The average molecular weight is 379 g/mol. The Labute approximate surface area is 165 Å². The Morgan fingerprint density at radius 3 is 2.52 bits per heavy atom. The van der Waals surface area contributed by atoms with E-state index in [-0.39, 0.29) is 24.2 Å². The number of aliphatic hydroxyl groups is 3. The van der Waals surface area contributed by atoms with Gasteiger partial charge in [-0.15, -0.1) is 0 Å². The van der Waals surface area contributed by atoms with E-state index >= 15 is 0 Å². The Bertz CT molecular complexity index is 536. The van der Waals surface area contributed by atoms with Gasteiger partial charge in [0.25, 0.3) is 0 Å². The summed E-state index contributed by atoms with van der Waals surface area (Å²) in [5.41, 5.74) is 0.264. The van der Waals surface area contributed by atoms with E-state index in [1.165, 1.54) is 38.5 Å². The lowest BCUT2D eigenvalue weighted by molar-refractivity contribution is -0.201.